The fourth-order valence-electron chi connectivity index (χ4n) is 10.6. The Morgan fingerprint density at radius 2 is 0.397 bits per heavy atom. The van der Waals surface area contributed by atoms with Crippen molar-refractivity contribution >= 4 is 15.6 Å². The van der Waals surface area contributed by atoms with Crippen molar-refractivity contribution in [3.8, 4) is 66.8 Å². The molecular weight excluding hydrogens is 1010 g/mol. The van der Waals surface area contributed by atoms with Gasteiger partial charge >= 0.3 is 0 Å². The molecule has 0 fully saturated rings. The van der Waals surface area contributed by atoms with Crippen LogP contribution in [0.2, 0.25) is 0 Å². The van der Waals surface area contributed by atoms with Gasteiger partial charge in [-0.15, -0.1) is 0 Å². The Hall–Kier alpha value is -4.46. The lowest BCUT2D eigenvalue weighted by Gasteiger charge is -2.40. The maximum atomic E-state index is 8.55. The van der Waals surface area contributed by atoms with Gasteiger partial charge in [-0.1, -0.05) is 263 Å². The zero-order chi connectivity index (χ0) is 59.9. The topological polar surface area (TPSA) is 172 Å². The third kappa shape index (κ3) is 14.9. The van der Waals surface area contributed by atoms with Crippen LogP contribution in [0.5, 0.6) is 0 Å². The maximum Gasteiger partial charge on any atom is -0.000730 e. The molecule has 1 aliphatic carbocycles. The quantitative estimate of drug-likeness (QED) is 0.157. The summed E-state index contributed by atoms with van der Waals surface area (Å²) in [4.78, 5) is 51.3. The Balaban J connectivity index is 0.00000103. The van der Waals surface area contributed by atoms with Gasteiger partial charge in [-0.05, 0) is 155 Å². The average Bonchev–Trinajstić information content (AvgIpc) is 3.23. The highest BCUT2D eigenvalue weighted by Crippen LogP contribution is 2.65. The first-order valence-electron chi connectivity index (χ1n) is 27.2. The second-order valence-electron chi connectivity index (χ2n) is 29.7. The number of benzene rings is 6. The van der Waals surface area contributed by atoms with Crippen LogP contribution >= 0.6 is 15.6 Å². The zero-order valence-electron chi connectivity index (χ0n) is 51.4. The molecule has 0 spiro atoms. The van der Waals surface area contributed by atoms with E-state index >= 15 is 0 Å². The highest BCUT2D eigenvalue weighted by atomic mass is 31.2. The van der Waals surface area contributed by atoms with Crippen molar-refractivity contribution in [2.24, 2.45) is 0 Å². The number of hydrogen-bond donors (Lipinski definition) is 0. The first-order valence-corrected chi connectivity index (χ1v) is 30.2. The summed E-state index contributed by atoms with van der Waals surface area (Å²) in [5, 5.41) is 0. The summed E-state index contributed by atoms with van der Waals surface area (Å²) >= 11 is 0. The highest BCUT2D eigenvalue weighted by Gasteiger charge is 2.41. The molecule has 0 aliphatic heterocycles. The lowest BCUT2D eigenvalue weighted by Crippen LogP contribution is -2.24. The van der Waals surface area contributed by atoms with Crippen LogP contribution in [-0.4, -0.2) is 0 Å². The Bertz CT molecular complexity index is 3070. The van der Waals surface area contributed by atoms with Crippen LogP contribution in [0.15, 0.2) is 97.1 Å². The van der Waals surface area contributed by atoms with E-state index in [0.29, 0.717) is 0 Å². The van der Waals surface area contributed by atoms with E-state index < -0.39 is 15.6 Å². The van der Waals surface area contributed by atoms with Crippen molar-refractivity contribution in [1.29, 1.82) is 0 Å². The van der Waals surface area contributed by atoms with Gasteiger partial charge in [-0.3, -0.25) is 0 Å². The van der Waals surface area contributed by atoms with E-state index in [1.54, 1.807) is 0 Å². The van der Waals surface area contributed by atoms with Crippen molar-refractivity contribution in [2.45, 2.75) is 209 Å². The second-order valence-corrected chi connectivity index (χ2v) is 31.5. The summed E-state index contributed by atoms with van der Waals surface area (Å²) in [6, 6.07) is 39.4. The highest BCUT2D eigenvalue weighted by molar-refractivity contribution is 7.40. The number of fused-ring (bicyclic) bond motifs is 4. The predicted molar refractivity (Wildman–Crippen MR) is 317 cm³/mol. The van der Waals surface area contributed by atoms with Gasteiger partial charge in [0.2, 0.25) is 0 Å². The molecule has 1 aliphatic rings. The molecule has 8 nitrogen and oxygen atoms in total. The summed E-state index contributed by atoms with van der Waals surface area (Å²) in [6.45, 7) is 57.4. The fraction of sp³-hybridized carbons (Fsp3) is 0.471. The van der Waals surface area contributed by atoms with Gasteiger partial charge in [-0.25, -0.2) is 0 Å². The fourth-order valence-corrected chi connectivity index (χ4v) is 10.6. The van der Waals surface area contributed by atoms with Gasteiger partial charge in [-0.2, -0.15) is 15.6 Å². The first kappa shape index (κ1) is 64.4. The van der Waals surface area contributed by atoms with Gasteiger partial charge in [0.05, 0.1) is 0 Å². The molecule has 7 rings (SSSR count). The summed E-state index contributed by atoms with van der Waals surface area (Å²) < 4.78 is 17.1. The Morgan fingerprint density at radius 1 is 0.244 bits per heavy atom. The third-order valence-electron chi connectivity index (χ3n) is 14.8. The van der Waals surface area contributed by atoms with Gasteiger partial charge < -0.3 is 38.5 Å². The monoisotopic (exact) mass is 1090 g/mol. The minimum absolute atomic E-state index is 0.00475. The van der Waals surface area contributed by atoms with Crippen molar-refractivity contribution in [1.82, 2.24) is 0 Å². The molecule has 0 unspecified atom stereocenters. The largest absolute Gasteiger partial charge is 0.822 e. The SMILES string of the molecule is CC(C)(C)c1ccc(-c2c3c(c(-c4ccc(C(C)(C)C)cc4C(C)(C)C)c(-c4ccc(C(C)(C)C)cc4C(C)(C)C)c2-c2ccc(C(C)(C)C)cc2C(C)(C)C)-c2ccccc2-3)c(C(C)(C)C)c1.O=P([O-])([O-])[O-].O=P([O-])([O-])[O-]. The number of rotatable bonds is 4. The molecule has 0 amide bonds. The predicted octanol–water partition coefficient (Wildman–Crippen LogP) is 14.7. The average molecular weight is 1100 g/mol. The van der Waals surface area contributed by atoms with Crippen molar-refractivity contribution in [3.63, 3.8) is 0 Å². The third-order valence-corrected chi connectivity index (χ3v) is 14.8. The summed E-state index contributed by atoms with van der Waals surface area (Å²) in [6.07, 6.45) is 0. The normalized spacial score (nSPS) is 13.6. The van der Waals surface area contributed by atoms with Crippen LogP contribution < -0.4 is 29.4 Å². The van der Waals surface area contributed by atoms with E-state index in [2.05, 4.69) is 263 Å². The summed E-state index contributed by atoms with van der Waals surface area (Å²) in [5.74, 6) is 0. The lowest BCUT2D eigenvalue weighted by molar-refractivity contribution is -0.434. The molecule has 6 aromatic rings. The van der Waals surface area contributed by atoms with Gasteiger partial charge in [0.15, 0.2) is 0 Å². The van der Waals surface area contributed by atoms with E-state index in [1.807, 2.05) is 0 Å². The minimum atomic E-state index is -5.39. The summed E-state index contributed by atoms with van der Waals surface area (Å²) in [7, 11) is -10.8. The van der Waals surface area contributed by atoms with Crippen LogP contribution in [0.4, 0.5) is 0 Å². The number of phosphoric acid groups is 2. The number of hydrogen-bond acceptors (Lipinski definition) is 8. The lowest BCUT2D eigenvalue weighted by atomic mass is 9.63. The molecule has 0 atom stereocenters. The van der Waals surface area contributed by atoms with Crippen LogP contribution in [0.3, 0.4) is 0 Å². The molecule has 0 radical (unpaired) electrons. The van der Waals surface area contributed by atoms with E-state index in [0.717, 1.165) is 0 Å². The molecule has 0 saturated carbocycles. The van der Waals surface area contributed by atoms with Crippen LogP contribution in [0.25, 0.3) is 66.8 Å². The van der Waals surface area contributed by atoms with Crippen LogP contribution in [0.1, 0.15) is 211 Å². The molecule has 0 heterocycles. The van der Waals surface area contributed by atoms with E-state index in [9.17, 15) is 0 Å². The Kier molecular flexibility index (Phi) is 17.7. The zero-order valence-corrected chi connectivity index (χ0v) is 53.2. The molecule has 78 heavy (non-hydrogen) atoms. The Labute approximate surface area is 469 Å². The standard InChI is InChI=1S/C68H88.2H3O4P/c1-61(2,3)41-29-33-47(51(37-41)65(13,14)15)57-55-45-27-25-26-28-46(45)56(55)58(48-34-30-42(62(4,5)6)38-52(48)66(16,17)18)60(50-36-32-44(64(10,11)12)40-54(50)68(22,23)24)59(57)49-35-31-43(63(7,8)9)39-53(49)67(19,20)21;2*1-5(2,3)4/h25-40H,1-24H3;2*(H3,1,2,3,4)/p-6. The molecule has 6 aromatic carbocycles. The molecular formula is C68H88O8P2-6. The second kappa shape index (κ2) is 21.5. The molecule has 10 heteroatoms. The smallest absolute Gasteiger partial charge is 0.000730 e. The molecule has 0 bridgehead atoms. The van der Waals surface area contributed by atoms with Gasteiger partial charge in [0.1, 0.15) is 0 Å². The molecule has 0 saturated heterocycles. The first-order chi connectivity index (χ1) is 34.8. The van der Waals surface area contributed by atoms with Gasteiger partial charge in [0, 0.05) is 0 Å². The van der Waals surface area contributed by atoms with E-state index in [4.69, 9.17) is 38.5 Å². The van der Waals surface area contributed by atoms with Gasteiger partial charge in [0.25, 0.3) is 0 Å². The van der Waals surface area contributed by atoms with Crippen LogP contribution in [-0.2, 0) is 52.5 Å². The Morgan fingerprint density at radius 3 is 0.538 bits per heavy atom. The van der Waals surface area contributed by atoms with Crippen molar-refractivity contribution in [2.75, 3.05) is 0 Å². The molecule has 424 valence electrons. The van der Waals surface area contributed by atoms with Crippen molar-refractivity contribution < 1.29 is 38.5 Å². The molecule has 0 N–H and O–H groups in total. The molecule has 0 aromatic heterocycles. The van der Waals surface area contributed by atoms with E-state index in [1.165, 1.54) is 111 Å². The summed E-state index contributed by atoms with van der Waals surface area (Å²) in [5.41, 5.74) is 26.6. The van der Waals surface area contributed by atoms with Crippen LogP contribution in [0, 0.1) is 0 Å². The maximum absolute atomic E-state index is 8.55. The van der Waals surface area contributed by atoms with Crippen molar-refractivity contribution in [3.05, 3.63) is 142 Å². The minimum Gasteiger partial charge on any atom is -0.822 e. The van der Waals surface area contributed by atoms with E-state index in [-0.39, 0.29) is 43.3 Å².